The first kappa shape index (κ1) is 34.4. The molecule has 2 N–H and O–H groups in total. The number of anilines is 1. The molecule has 7 rings (SSSR count). The molecule has 8 nitrogen and oxygen atoms in total. The van der Waals surface area contributed by atoms with Gasteiger partial charge in [0.2, 0.25) is 5.91 Å². The quantitative estimate of drug-likeness (QED) is 0.297. The van der Waals surface area contributed by atoms with Crippen LogP contribution in [0.5, 0.6) is 5.75 Å². The summed E-state index contributed by atoms with van der Waals surface area (Å²) in [5.74, 6) is 4.19. The largest absolute Gasteiger partial charge is 0.490 e. The van der Waals surface area contributed by atoms with Crippen LogP contribution in [0.1, 0.15) is 86.7 Å². The predicted molar refractivity (Wildman–Crippen MR) is 197 cm³/mol. The number of allylic oxidation sites excluding steroid dienone is 1. The molecule has 2 fully saturated rings. The van der Waals surface area contributed by atoms with Crippen molar-refractivity contribution in [3.8, 4) is 5.75 Å². The molecule has 1 spiro atoms. The molecule has 5 aliphatic rings. The zero-order valence-corrected chi connectivity index (χ0v) is 30.4. The number of hydrogen-bond acceptors (Lipinski definition) is 6. The summed E-state index contributed by atoms with van der Waals surface area (Å²) >= 11 is 6.46. The zero-order chi connectivity index (χ0) is 34.6. The summed E-state index contributed by atoms with van der Waals surface area (Å²) in [4.78, 5) is 31.5. The molecule has 2 bridgehead atoms. The highest BCUT2D eigenvalue weighted by Crippen LogP contribution is 2.49. The monoisotopic (exact) mass is 707 g/mol. The first-order valence-electron chi connectivity index (χ1n) is 18.0. The molecule has 0 aromatic heterocycles. The SMILES string of the molecule is C=S1(=O)NC(=O)c2ccc3c(c2)N(C[C@@H]2CC[C@H]2[C@@](O)(CC(=O)N2CCCC2)/C=C/C[C@H](C)[C@H]1C)C[C@@]1(CCCc2cc(Cl)ccc21)CO3. The van der Waals surface area contributed by atoms with Gasteiger partial charge in [0.1, 0.15) is 5.75 Å². The van der Waals surface area contributed by atoms with Crippen molar-refractivity contribution >= 4 is 44.7 Å². The number of benzene rings is 2. The Hall–Kier alpha value is -3.01. The maximum Gasteiger partial charge on any atom is 0.262 e. The van der Waals surface area contributed by atoms with Crippen molar-refractivity contribution in [2.75, 3.05) is 37.7 Å². The molecule has 2 amide bonds. The van der Waals surface area contributed by atoms with Gasteiger partial charge in [0.25, 0.3) is 5.91 Å². The number of aliphatic hydroxyl groups is 1. The van der Waals surface area contributed by atoms with Gasteiger partial charge in [-0.05, 0) is 123 Å². The lowest BCUT2D eigenvalue weighted by Gasteiger charge is -2.49. The molecule has 2 aromatic carbocycles. The van der Waals surface area contributed by atoms with E-state index in [4.69, 9.17) is 16.3 Å². The van der Waals surface area contributed by atoms with Crippen LogP contribution in [-0.2, 0) is 26.3 Å². The van der Waals surface area contributed by atoms with Gasteiger partial charge in [-0.25, -0.2) is 4.21 Å². The number of halogens is 1. The van der Waals surface area contributed by atoms with E-state index in [9.17, 15) is 18.9 Å². The number of hydrogen-bond donors (Lipinski definition) is 2. The molecule has 10 heteroatoms. The second kappa shape index (κ2) is 13.3. The number of likely N-dealkylation sites (tertiary alicyclic amines) is 1. The molecule has 0 radical (unpaired) electrons. The van der Waals surface area contributed by atoms with Crippen LogP contribution in [0.2, 0.25) is 5.02 Å². The van der Waals surface area contributed by atoms with Crippen LogP contribution in [0.3, 0.4) is 0 Å². The third-order valence-electron chi connectivity index (χ3n) is 12.3. The van der Waals surface area contributed by atoms with E-state index in [-0.39, 0.29) is 35.5 Å². The smallest absolute Gasteiger partial charge is 0.262 e. The molecule has 1 saturated heterocycles. The summed E-state index contributed by atoms with van der Waals surface area (Å²) in [6.07, 6.45) is 11.1. The van der Waals surface area contributed by atoms with Crippen molar-refractivity contribution < 1.29 is 23.6 Å². The number of fused-ring (bicyclic) bond motifs is 4. The van der Waals surface area contributed by atoms with Crippen LogP contribution in [0, 0.1) is 17.8 Å². The lowest BCUT2D eigenvalue weighted by molar-refractivity contribution is -0.138. The van der Waals surface area contributed by atoms with Crippen LogP contribution < -0.4 is 14.4 Å². The number of rotatable bonds is 2. The van der Waals surface area contributed by atoms with Crippen LogP contribution >= 0.6 is 11.6 Å². The fourth-order valence-electron chi connectivity index (χ4n) is 8.98. The zero-order valence-electron chi connectivity index (χ0n) is 28.8. The van der Waals surface area contributed by atoms with E-state index in [1.54, 1.807) is 6.07 Å². The highest BCUT2D eigenvalue weighted by Gasteiger charge is 2.49. The topological polar surface area (TPSA) is 99.2 Å². The molecule has 3 heterocycles. The summed E-state index contributed by atoms with van der Waals surface area (Å²) in [7, 11) is -3.02. The van der Waals surface area contributed by atoms with Crippen LogP contribution in [0.4, 0.5) is 5.69 Å². The summed E-state index contributed by atoms with van der Waals surface area (Å²) in [6.45, 7) is 7.13. The number of nitrogens with zero attached hydrogens (tertiary/aromatic N) is 2. The highest BCUT2D eigenvalue weighted by atomic mass is 35.5. The Bertz CT molecular complexity index is 1760. The van der Waals surface area contributed by atoms with Gasteiger partial charge in [0, 0.05) is 47.4 Å². The first-order chi connectivity index (χ1) is 23.4. The third-order valence-corrected chi connectivity index (χ3v) is 14.7. The number of carbonyl (C=O) groups is 2. The van der Waals surface area contributed by atoms with Crippen LogP contribution in [0.15, 0.2) is 48.6 Å². The van der Waals surface area contributed by atoms with E-state index in [0.29, 0.717) is 37.4 Å². The fraction of sp³-hybridized carbons (Fsp3) is 0.564. The van der Waals surface area contributed by atoms with Crippen molar-refractivity contribution in [2.45, 2.75) is 87.9 Å². The lowest BCUT2D eigenvalue weighted by Crippen LogP contribution is -2.53. The van der Waals surface area contributed by atoms with Crippen molar-refractivity contribution in [1.82, 2.24) is 9.62 Å². The maximum atomic E-state index is 13.9. The molecule has 7 atom stereocenters. The number of aryl methyl sites for hydroxylation is 1. The van der Waals surface area contributed by atoms with E-state index >= 15 is 0 Å². The van der Waals surface area contributed by atoms with E-state index in [1.165, 1.54) is 11.1 Å². The molecule has 49 heavy (non-hydrogen) atoms. The standard InChI is InChI=1S/C39H50ClN3O5S/c1-26-8-6-17-39(46,22-36(44)42-18-4-5-19-42)33-13-10-30(33)23-43-24-38(16-7-9-28-20-31(40)12-14-32(28)38)25-48-35-15-11-29(21-34(35)43)37(45)41-49(3,47)27(26)2/h6,11-12,14-15,17,20-21,26-27,30,33,46H,3-5,7-10,13,16,18-19,22-25H2,1-2H3,(H,41,45,47)/b17-6+/t26-,27+,30-,33+,38-,39-,49?/m0/s1. The van der Waals surface area contributed by atoms with E-state index in [2.05, 4.69) is 27.6 Å². The Balaban J connectivity index is 1.30. The van der Waals surface area contributed by atoms with E-state index < -0.39 is 26.5 Å². The van der Waals surface area contributed by atoms with Gasteiger partial charge < -0.3 is 19.6 Å². The van der Waals surface area contributed by atoms with Crippen molar-refractivity contribution in [1.29, 1.82) is 0 Å². The highest BCUT2D eigenvalue weighted by molar-refractivity contribution is 7.99. The molecule has 3 aliphatic heterocycles. The molecular formula is C39H50ClN3O5S. The van der Waals surface area contributed by atoms with Crippen molar-refractivity contribution in [3.05, 3.63) is 70.3 Å². The second-order valence-electron chi connectivity index (χ2n) is 15.5. The number of amides is 2. The Labute approximate surface area is 296 Å². The van der Waals surface area contributed by atoms with Gasteiger partial charge in [-0.1, -0.05) is 36.7 Å². The third kappa shape index (κ3) is 6.63. The Morgan fingerprint density at radius 2 is 1.94 bits per heavy atom. The Kier molecular flexibility index (Phi) is 9.33. The number of nitrogens with one attached hydrogen (secondary N) is 1. The van der Waals surface area contributed by atoms with Crippen molar-refractivity contribution in [3.63, 3.8) is 0 Å². The van der Waals surface area contributed by atoms with Crippen LogP contribution in [0.25, 0.3) is 0 Å². The van der Waals surface area contributed by atoms with E-state index in [0.717, 1.165) is 68.7 Å². The number of carbonyl (C=O) groups excluding carboxylic acids is 2. The van der Waals surface area contributed by atoms with Gasteiger partial charge in [-0.15, -0.1) is 0 Å². The Morgan fingerprint density at radius 3 is 2.69 bits per heavy atom. The molecule has 2 aromatic rings. The minimum Gasteiger partial charge on any atom is -0.490 e. The second-order valence-corrected chi connectivity index (χ2v) is 18.3. The van der Waals surface area contributed by atoms with Gasteiger partial charge in [-0.2, -0.15) is 0 Å². The van der Waals surface area contributed by atoms with Gasteiger partial charge in [0.05, 0.1) is 34.0 Å². The minimum atomic E-state index is -3.02. The maximum absolute atomic E-state index is 13.9. The molecule has 264 valence electrons. The van der Waals surface area contributed by atoms with Crippen molar-refractivity contribution in [2.24, 2.45) is 17.8 Å². The number of ether oxygens (including phenoxy) is 1. The average molecular weight is 708 g/mol. The molecule has 2 aliphatic carbocycles. The van der Waals surface area contributed by atoms with Gasteiger partial charge in [0.15, 0.2) is 0 Å². The summed E-state index contributed by atoms with van der Waals surface area (Å²) < 4.78 is 23.3. The minimum absolute atomic E-state index is 0.00389. The first-order valence-corrected chi connectivity index (χ1v) is 20.2. The summed E-state index contributed by atoms with van der Waals surface area (Å²) in [6, 6.07) is 11.7. The normalized spacial score (nSPS) is 35.3. The van der Waals surface area contributed by atoms with Gasteiger partial charge in [-0.3, -0.25) is 14.3 Å². The fourth-order valence-corrected chi connectivity index (χ4v) is 10.7. The molecule has 1 saturated carbocycles. The predicted octanol–water partition coefficient (Wildman–Crippen LogP) is 5.93. The Morgan fingerprint density at radius 1 is 1.14 bits per heavy atom. The summed E-state index contributed by atoms with van der Waals surface area (Å²) in [5, 5.41) is 12.8. The van der Waals surface area contributed by atoms with Crippen LogP contribution in [-0.4, -0.2) is 75.5 Å². The molecular weight excluding hydrogens is 658 g/mol. The van der Waals surface area contributed by atoms with E-state index in [1.807, 2.05) is 49.1 Å². The molecule has 1 unspecified atom stereocenters. The van der Waals surface area contributed by atoms with Gasteiger partial charge >= 0.3 is 0 Å². The lowest BCUT2D eigenvalue weighted by atomic mass is 9.63. The summed E-state index contributed by atoms with van der Waals surface area (Å²) in [5.41, 5.74) is 2.11. The average Bonchev–Trinajstić information content (AvgIpc) is 3.55.